The van der Waals surface area contributed by atoms with Gasteiger partial charge in [0.25, 0.3) is 0 Å². The van der Waals surface area contributed by atoms with E-state index in [0.29, 0.717) is 5.69 Å². The van der Waals surface area contributed by atoms with Crippen molar-refractivity contribution in [2.75, 3.05) is 37.6 Å². The number of aliphatic hydroxyl groups is 1. The van der Waals surface area contributed by atoms with Crippen molar-refractivity contribution < 1.29 is 9.50 Å². The molecule has 1 aliphatic rings. The first kappa shape index (κ1) is 13.3. The highest BCUT2D eigenvalue weighted by Gasteiger charge is 2.18. The van der Waals surface area contributed by atoms with Crippen LogP contribution < -0.4 is 4.90 Å². The molecule has 0 aliphatic carbocycles. The molecule has 1 saturated heterocycles. The average molecular weight is 252 g/mol. The van der Waals surface area contributed by atoms with E-state index in [1.807, 2.05) is 19.1 Å². The highest BCUT2D eigenvalue weighted by atomic mass is 19.1. The first-order valence-electron chi connectivity index (χ1n) is 6.56. The van der Waals surface area contributed by atoms with Crippen LogP contribution in [0.3, 0.4) is 0 Å². The minimum Gasteiger partial charge on any atom is -0.393 e. The van der Waals surface area contributed by atoms with Crippen molar-refractivity contribution in [1.29, 1.82) is 0 Å². The second-order valence-corrected chi connectivity index (χ2v) is 4.92. The molecular formula is C14H21FN2O. The van der Waals surface area contributed by atoms with Crippen molar-refractivity contribution in [2.45, 2.75) is 19.4 Å². The summed E-state index contributed by atoms with van der Waals surface area (Å²) in [5, 5.41) is 9.26. The van der Waals surface area contributed by atoms with Gasteiger partial charge in [0.05, 0.1) is 11.8 Å². The lowest BCUT2D eigenvalue weighted by molar-refractivity contribution is 0.153. The van der Waals surface area contributed by atoms with Gasteiger partial charge in [-0.05, 0) is 25.5 Å². The molecule has 100 valence electrons. The molecule has 1 unspecified atom stereocenters. The van der Waals surface area contributed by atoms with E-state index in [2.05, 4.69) is 9.80 Å². The van der Waals surface area contributed by atoms with E-state index in [1.54, 1.807) is 6.07 Å². The lowest BCUT2D eigenvalue weighted by atomic mass is 10.2. The van der Waals surface area contributed by atoms with Crippen LogP contribution in [0.2, 0.25) is 0 Å². The second-order valence-electron chi connectivity index (χ2n) is 4.92. The molecule has 2 rings (SSSR count). The topological polar surface area (TPSA) is 26.7 Å². The lowest BCUT2D eigenvalue weighted by Crippen LogP contribution is -2.47. The minimum absolute atomic E-state index is 0.144. The molecule has 1 N–H and O–H groups in total. The number of hydrogen-bond donors (Lipinski definition) is 1. The Hall–Kier alpha value is -1.13. The summed E-state index contributed by atoms with van der Waals surface area (Å²) < 4.78 is 13.6. The highest BCUT2D eigenvalue weighted by Crippen LogP contribution is 2.20. The predicted molar refractivity (Wildman–Crippen MR) is 71.4 cm³/mol. The zero-order valence-electron chi connectivity index (χ0n) is 10.8. The predicted octanol–water partition coefficient (Wildman–Crippen LogP) is 1.72. The van der Waals surface area contributed by atoms with Gasteiger partial charge in [0.2, 0.25) is 0 Å². The van der Waals surface area contributed by atoms with E-state index in [1.165, 1.54) is 6.07 Å². The smallest absolute Gasteiger partial charge is 0.146 e. The summed E-state index contributed by atoms with van der Waals surface area (Å²) in [4.78, 5) is 4.41. The molecule has 0 saturated carbocycles. The van der Waals surface area contributed by atoms with Crippen molar-refractivity contribution >= 4 is 5.69 Å². The van der Waals surface area contributed by atoms with Gasteiger partial charge in [-0.2, -0.15) is 0 Å². The molecule has 0 radical (unpaired) electrons. The van der Waals surface area contributed by atoms with Gasteiger partial charge < -0.3 is 10.0 Å². The van der Waals surface area contributed by atoms with E-state index in [0.717, 1.165) is 39.1 Å². The van der Waals surface area contributed by atoms with E-state index in [4.69, 9.17) is 0 Å². The molecule has 1 aromatic carbocycles. The fourth-order valence-corrected chi connectivity index (χ4v) is 2.29. The molecule has 1 heterocycles. The summed E-state index contributed by atoms with van der Waals surface area (Å²) in [5.74, 6) is -0.144. The zero-order valence-corrected chi connectivity index (χ0v) is 10.8. The molecule has 1 aromatic rings. The number of piperazine rings is 1. The number of nitrogens with zero attached hydrogens (tertiary/aromatic N) is 2. The largest absolute Gasteiger partial charge is 0.393 e. The third-order valence-corrected chi connectivity index (χ3v) is 3.43. The average Bonchev–Trinajstić information content (AvgIpc) is 2.38. The van der Waals surface area contributed by atoms with Gasteiger partial charge in [0, 0.05) is 32.7 Å². The molecule has 0 amide bonds. The van der Waals surface area contributed by atoms with E-state index >= 15 is 0 Å². The van der Waals surface area contributed by atoms with Crippen LogP contribution in [0.15, 0.2) is 24.3 Å². The Balaban J connectivity index is 1.85. The van der Waals surface area contributed by atoms with Gasteiger partial charge >= 0.3 is 0 Å². The third-order valence-electron chi connectivity index (χ3n) is 3.43. The zero-order chi connectivity index (χ0) is 13.0. The molecule has 1 atom stereocenters. The maximum atomic E-state index is 13.6. The normalized spacial score (nSPS) is 18.9. The van der Waals surface area contributed by atoms with Crippen LogP contribution in [0, 0.1) is 5.82 Å². The van der Waals surface area contributed by atoms with Gasteiger partial charge in [0.1, 0.15) is 5.82 Å². The standard InChI is InChI=1S/C14H21FN2O/c1-12(18)6-7-16-8-10-17(11-9-16)14-5-3-2-4-13(14)15/h2-5,12,18H,6-11H2,1H3. The fraction of sp³-hybridized carbons (Fsp3) is 0.571. The first-order valence-corrected chi connectivity index (χ1v) is 6.56. The van der Waals surface area contributed by atoms with E-state index in [-0.39, 0.29) is 11.9 Å². The Morgan fingerprint density at radius 1 is 1.22 bits per heavy atom. The summed E-state index contributed by atoms with van der Waals surface area (Å²) in [6.45, 7) is 6.29. The van der Waals surface area contributed by atoms with Crippen LogP contribution in [-0.2, 0) is 0 Å². The SMILES string of the molecule is CC(O)CCN1CCN(c2ccccc2F)CC1. The van der Waals surface area contributed by atoms with Gasteiger partial charge in [-0.1, -0.05) is 12.1 Å². The Bertz CT molecular complexity index is 376. The number of benzene rings is 1. The van der Waals surface area contributed by atoms with Crippen LogP contribution >= 0.6 is 0 Å². The summed E-state index contributed by atoms with van der Waals surface area (Å²) in [6.07, 6.45) is 0.564. The van der Waals surface area contributed by atoms with Gasteiger partial charge in [-0.25, -0.2) is 4.39 Å². The number of halogens is 1. The molecule has 18 heavy (non-hydrogen) atoms. The van der Waals surface area contributed by atoms with Crippen molar-refractivity contribution in [1.82, 2.24) is 4.90 Å². The number of para-hydroxylation sites is 1. The number of hydrogen-bond acceptors (Lipinski definition) is 3. The van der Waals surface area contributed by atoms with Crippen LogP contribution in [0.1, 0.15) is 13.3 Å². The van der Waals surface area contributed by atoms with Crippen LogP contribution in [-0.4, -0.2) is 48.8 Å². The molecule has 4 heteroatoms. The fourth-order valence-electron chi connectivity index (χ4n) is 2.29. The molecule has 0 aromatic heterocycles. The van der Waals surface area contributed by atoms with Crippen molar-refractivity contribution in [3.8, 4) is 0 Å². The Labute approximate surface area is 108 Å². The quantitative estimate of drug-likeness (QED) is 0.884. The van der Waals surface area contributed by atoms with E-state index in [9.17, 15) is 9.50 Å². The summed E-state index contributed by atoms with van der Waals surface area (Å²) in [5.41, 5.74) is 0.702. The minimum atomic E-state index is -0.241. The van der Waals surface area contributed by atoms with Crippen molar-refractivity contribution in [3.05, 3.63) is 30.1 Å². The molecule has 0 spiro atoms. The number of rotatable bonds is 4. The summed E-state index contributed by atoms with van der Waals surface area (Å²) >= 11 is 0. The molecule has 3 nitrogen and oxygen atoms in total. The Morgan fingerprint density at radius 3 is 2.50 bits per heavy atom. The number of anilines is 1. The monoisotopic (exact) mass is 252 g/mol. The molecular weight excluding hydrogens is 231 g/mol. The summed E-state index contributed by atoms with van der Waals surface area (Å²) in [6, 6.07) is 6.94. The van der Waals surface area contributed by atoms with Crippen molar-refractivity contribution in [3.63, 3.8) is 0 Å². The molecule has 0 bridgehead atoms. The Kier molecular flexibility index (Phi) is 4.55. The number of aliphatic hydroxyl groups excluding tert-OH is 1. The summed E-state index contributed by atoms with van der Waals surface area (Å²) in [7, 11) is 0. The van der Waals surface area contributed by atoms with Crippen LogP contribution in [0.4, 0.5) is 10.1 Å². The van der Waals surface area contributed by atoms with E-state index < -0.39 is 0 Å². The first-order chi connectivity index (χ1) is 8.66. The maximum absolute atomic E-state index is 13.6. The van der Waals surface area contributed by atoms with Gasteiger partial charge in [-0.15, -0.1) is 0 Å². The van der Waals surface area contributed by atoms with Crippen LogP contribution in [0.25, 0.3) is 0 Å². The van der Waals surface area contributed by atoms with Crippen LogP contribution in [0.5, 0.6) is 0 Å². The maximum Gasteiger partial charge on any atom is 0.146 e. The lowest BCUT2D eigenvalue weighted by Gasteiger charge is -2.36. The van der Waals surface area contributed by atoms with Gasteiger partial charge in [-0.3, -0.25) is 4.90 Å². The van der Waals surface area contributed by atoms with Gasteiger partial charge in [0.15, 0.2) is 0 Å². The third kappa shape index (κ3) is 3.43. The Morgan fingerprint density at radius 2 is 1.89 bits per heavy atom. The van der Waals surface area contributed by atoms with Crippen molar-refractivity contribution in [2.24, 2.45) is 0 Å². The molecule has 1 fully saturated rings. The highest BCUT2D eigenvalue weighted by molar-refractivity contribution is 5.47. The molecule has 1 aliphatic heterocycles. The second kappa shape index (κ2) is 6.16.